The maximum Gasteiger partial charge on any atom is 0.126 e. The van der Waals surface area contributed by atoms with E-state index in [0.29, 0.717) is 0 Å². The fourth-order valence-electron chi connectivity index (χ4n) is 5.41. The summed E-state index contributed by atoms with van der Waals surface area (Å²) in [6.45, 7) is 33.7. The Balaban J connectivity index is 3.05. The van der Waals surface area contributed by atoms with E-state index in [9.17, 15) is 4.21 Å². The van der Waals surface area contributed by atoms with Crippen molar-refractivity contribution < 1.29 is 8.95 Å². The van der Waals surface area contributed by atoms with Gasteiger partial charge in [0.25, 0.3) is 0 Å². The van der Waals surface area contributed by atoms with E-state index in [2.05, 4.69) is 124 Å². The van der Waals surface area contributed by atoms with Crippen LogP contribution in [0.1, 0.15) is 132 Å². The minimum Gasteiger partial charge on any atom is -0.496 e. The molecular weight excluding hydrogens is 517 g/mol. The van der Waals surface area contributed by atoms with Crippen molar-refractivity contribution >= 4 is 24.2 Å². The third-order valence-corrected chi connectivity index (χ3v) is 12.0. The molecular formula is C34H56NO2PS. The van der Waals surface area contributed by atoms with Crippen LogP contribution in [-0.4, -0.2) is 26.4 Å². The molecule has 2 unspecified atom stereocenters. The molecule has 2 atom stereocenters. The largest absolute Gasteiger partial charge is 0.496 e. The topological polar surface area (TPSA) is 38.3 Å². The molecule has 0 saturated heterocycles. The van der Waals surface area contributed by atoms with E-state index in [4.69, 9.17) is 4.74 Å². The maximum atomic E-state index is 13.8. The molecule has 0 spiro atoms. The molecule has 220 valence electrons. The van der Waals surface area contributed by atoms with Gasteiger partial charge in [-0.25, -0.2) is 8.93 Å². The molecule has 2 aromatic carbocycles. The van der Waals surface area contributed by atoms with Gasteiger partial charge in [-0.05, 0) is 70.5 Å². The first-order valence-electron chi connectivity index (χ1n) is 14.2. The second-order valence-electron chi connectivity index (χ2n) is 15.8. The van der Waals surface area contributed by atoms with E-state index in [1.807, 2.05) is 20.8 Å². The van der Waals surface area contributed by atoms with Gasteiger partial charge in [-0.1, -0.05) is 115 Å². The summed E-state index contributed by atoms with van der Waals surface area (Å²) in [7, 11) is -0.0601. The molecule has 0 aromatic heterocycles. The van der Waals surface area contributed by atoms with Crippen LogP contribution in [0.15, 0.2) is 36.4 Å². The van der Waals surface area contributed by atoms with Gasteiger partial charge in [0, 0.05) is 11.1 Å². The van der Waals surface area contributed by atoms with Crippen LogP contribution in [0.2, 0.25) is 0 Å². The molecule has 5 heteroatoms. The van der Waals surface area contributed by atoms with Gasteiger partial charge < -0.3 is 4.74 Å². The first kappa shape index (κ1) is 34.0. The summed E-state index contributed by atoms with van der Waals surface area (Å²) in [6, 6.07) is 13.2. The lowest BCUT2D eigenvalue weighted by atomic mass is 9.77. The standard InChI is InChI=1S/C34H56NO2PS/c1-30(2,3)25-21-23(22-26(29(25)37-16)31(4,5)6)28(35-39(36)34(13,14)15)24-19-17-18-20-27(24)38(32(7,8)9)33(10,11)12/h17-22,28,35H,1-16H3. The van der Waals surface area contributed by atoms with Crippen LogP contribution in [0.25, 0.3) is 0 Å². The van der Waals surface area contributed by atoms with Crippen molar-refractivity contribution in [1.29, 1.82) is 0 Å². The molecule has 0 bridgehead atoms. The third kappa shape index (κ3) is 8.17. The predicted octanol–water partition coefficient (Wildman–Crippen LogP) is 9.14. The number of methoxy groups -OCH3 is 1. The molecule has 0 heterocycles. The average Bonchev–Trinajstić information content (AvgIpc) is 2.73. The van der Waals surface area contributed by atoms with Gasteiger partial charge in [0.2, 0.25) is 0 Å². The van der Waals surface area contributed by atoms with Crippen molar-refractivity contribution in [3.05, 3.63) is 58.7 Å². The number of rotatable bonds is 6. The number of hydrogen-bond donors (Lipinski definition) is 1. The van der Waals surface area contributed by atoms with Crippen molar-refractivity contribution in [2.24, 2.45) is 0 Å². The van der Waals surface area contributed by atoms with Crippen LogP contribution in [0, 0.1) is 0 Å². The van der Waals surface area contributed by atoms with Crippen molar-refractivity contribution in [2.75, 3.05) is 7.11 Å². The zero-order valence-electron chi connectivity index (χ0n) is 27.7. The van der Waals surface area contributed by atoms with E-state index in [0.717, 1.165) is 11.3 Å². The first-order chi connectivity index (χ1) is 17.4. The second kappa shape index (κ2) is 11.6. The zero-order chi connectivity index (χ0) is 30.4. The fourth-order valence-corrected chi connectivity index (χ4v) is 10.4. The van der Waals surface area contributed by atoms with Crippen LogP contribution < -0.4 is 14.8 Å². The number of ether oxygens (including phenoxy) is 1. The summed E-state index contributed by atoms with van der Waals surface area (Å²) < 4.78 is 23.1. The Labute approximate surface area is 244 Å². The van der Waals surface area contributed by atoms with Crippen LogP contribution >= 0.6 is 7.92 Å². The number of benzene rings is 2. The summed E-state index contributed by atoms with van der Waals surface area (Å²) in [5, 5.41) is 1.58. The predicted molar refractivity (Wildman–Crippen MR) is 176 cm³/mol. The van der Waals surface area contributed by atoms with Gasteiger partial charge in [-0.3, -0.25) is 0 Å². The quantitative estimate of drug-likeness (QED) is 0.350. The fraction of sp³-hybridized carbons (Fsp3) is 0.647. The smallest absolute Gasteiger partial charge is 0.126 e. The monoisotopic (exact) mass is 573 g/mol. The molecule has 0 fully saturated rings. The minimum atomic E-state index is -1.27. The van der Waals surface area contributed by atoms with E-state index < -0.39 is 23.7 Å². The van der Waals surface area contributed by atoms with Crippen molar-refractivity contribution in [2.45, 2.75) is 136 Å². The number of hydrogen-bond acceptors (Lipinski definition) is 2. The Hall–Kier alpha value is -1.22. The highest BCUT2D eigenvalue weighted by atomic mass is 32.2. The highest BCUT2D eigenvalue weighted by molar-refractivity contribution is 7.84. The third-order valence-electron chi connectivity index (χ3n) is 6.88. The Kier molecular flexibility index (Phi) is 10.1. The van der Waals surface area contributed by atoms with Crippen LogP contribution in [0.4, 0.5) is 0 Å². The van der Waals surface area contributed by atoms with E-state index in [1.165, 1.54) is 22.0 Å². The highest BCUT2D eigenvalue weighted by Crippen LogP contribution is 2.59. The molecule has 2 rings (SSSR count). The van der Waals surface area contributed by atoms with Crippen LogP contribution in [0.5, 0.6) is 5.75 Å². The molecule has 0 radical (unpaired) electrons. The molecule has 39 heavy (non-hydrogen) atoms. The second-order valence-corrected chi connectivity index (χ2v) is 21.7. The molecule has 0 aliphatic carbocycles. The lowest BCUT2D eigenvalue weighted by Gasteiger charge is -2.43. The van der Waals surface area contributed by atoms with Gasteiger partial charge in [-0.2, -0.15) is 0 Å². The van der Waals surface area contributed by atoms with Gasteiger partial charge >= 0.3 is 0 Å². The van der Waals surface area contributed by atoms with Crippen molar-refractivity contribution in [1.82, 2.24) is 4.72 Å². The molecule has 0 aliphatic heterocycles. The first-order valence-corrected chi connectivity index (χ1v) is 16.7. The van der Waals surface area contributed by atoms with Crippen LogP contribution in [-0.2, 0) is 21.8 Å². The van der Waals surface area contributed by atoms with E-state index in [-0.39, 0.29) is 27.2 Å². The SMILES string of the molecule is COc1c(C(C)(C)C)cc(C(NS(=O)C(C)(C)C)c2ccccc2P(C(C)(C)C)C(C)(C)C)cc1C(C)(C)C. The van der Waals surface area contributed by atoms with Crippen molar-refractivity contribution in [3.8, 4) is 5.75 Å². The molecule has 2 aromatic rings. The lowest BCUT2D eigenvalue weighted by Crippen LogP contribution is -2.39. The van der Waals surface area contributed by atoms with Gasteiger partial charge in [-0.15, -0.1) is 0 Å². The molecule has 0 amide bonds. The van der Waals surface area contributed by atoms with Gasteiger partial charge in [0.05, 0.1) is 28.9 Å². The highest BCUT2D eigenvalue weighted by Gasteiger charge is 2.39. The summed E-state index contributed by atoms with van der Waals surface area (Å²) in [5.74, 6) is 0.953. The summed E-state index contributed by atoms with van der Waals surface area (Å²) in [4.78, 5) is 0. The Morgan fingerprint density at radius 2 is 1.18 bits per heavy atom. The zero-order valence-corrected chi connectivity index (χ0v) is 29.4. The summed E-state index contributed by atoms with van der Waals surface area (Å²) >= 11 is 0. The minimum absolute atomic E-state index is 0.102. The van der Waals surface area contributed by atoms with Gasteiger partial charge in [0.15, 0.2) is 0 Å². The van der Waals surface area contributed by atoms with E-state index in [1.54, 1.807) is 7.11 Å². The molecule has 0 aliphatic rings. The molecule has 1 N–H and O–H groups in total. The Bertz CT molecular complexity index is 1120. The number of nitrogens with one attached hydrogen (secondary N) is 1. The maximum absolute atomic E-state index is 13.8. The van der Waals surface area contributed by atoms with Crippen LogP contribution in [0.3, 0.4) is 0 Å². The Morgan fingerprint density at radius 1 is 0.744 bits per heavy atom. The van der Waals surface area contributed by atoms with E-state index >= 15 is 0 Å². The summed E-state index contributed by atoms with van der Waals surface area (Å²) in [6.07, 6.45) is 0. The Morgan fingerprint density at radius 3 is 1.54 bits per heavy atom. The van der Waals surface area contributed by atoms with Gasteiger partial charge in [0.1, 0.15) is 5.75 Å². The van der Waals surface area contributed by atoms with Crippen molar-refractivity contribution in [3.63, 3.8) is 0 Å². The molecule has 3 nitrogen and oxygen atoms in total. The normalized spacial score (nSPS) is 15.4. The lowest BCUT2D eigenvalue weighted by molar-refractivity contribution is 0.381. The summed E-state index contributed by atoms with van der Waals surface area (Å²) in [5.41, 5.74) is 4.44. The average molecular weight is 574 g/mol. The molecule has 0 saturated carbocycles.